The molecular weight excluding hydrogens is 360 g/mol. The summed E-state index contributed by atoms with van der Waals surface area (Å²) in [5, 5.41) is 11.8. The van der Waals surface area contributed by atoms with Gasteiger partial charge in [0.1, 0.15) is 0 Å². The molecule has 0 radical (unpaired) electrons. The van der Waals surface area contributed by atoms with E-state index in [9.17, 15) is 18.0 Å². The fourth-order valence-electron chi connectivity index (χ4n) is 2.93. The molecule has 1 fully saturated rings. The van der Waals surface area contributed by atoms with E-state index in [-0.39, 0.29) is 41.4 Å². The first-order chi connectivity index (χ1) is 12.3. The van der Waals surface area contributed by atoms with E-state index < -0.39 is 16.0 Å². The van der Waals surface area contributed by atoms with E-state index >= 15 is 0 Å². The largest absolute Gasteiger partial charge is 0.478 e. The summed E-state index contributed by atoms with van der Waals surface area (Å²) in [6.45, 7) is 2.77. The van der Waals surface area contributed by atoms with Crippen LogP contribution >= 0.6 is 0 Å². The predicted octanol–water partition coefficient (Wildman–Crippen LogP) is 0.937. The number of carboxylic acids is 1. The second-order valence-corrected chi connectivity index (χ2v) is 8.31. The molecule has 1 aromatic carbocycles. The van der Waals surface area contributed by atoms with Gasteiger partial charge in [-0.3, -0.25) is 4.79 Å². The fraction of sp³-hybridized carbons (Fsp3) is 0.529. The molecule has 1 amide bonds. The molecule has 1 aliphatic rings. The zero-order chi connectivity index (χ0) is 19.3. The second kappa shape index (κ2) is 8.61. The summed E-state index contributed by atoms with van der Waals surface area (Å²) in [4.78, 5) is 23.2. The minimum absolute atomic E-state index is 0.0320. The number of ether oxygens (including phenoxy) is 1. The van der Waals surface area contributed by atoms with Crippen LogP contribution in [0.4, 0.5) is 0 Å². The van der Waals surface area contributed by atoms with Crippen molar-refractivity contribution >= 4 is 21.9 Å². The van der Waals surface area contributed by atoms with E-state index in [2.05, 4.69) is 5.32 Å². The summed E-state index contributed by atoms with van der Waals surface area (Å²) in [6.07, 6.45) is 0.885. The van der Waals surface area contributed by atoms with Crippen LogP contribution in [-0.2, 0) is 19.6 Å². The molecule has 1 aliphatic heterocycles. The molecule has 0 spiro atoms. The number of amides is 1. The van der Waals surface area contributed by atoms with Gasteiger partial charge < -0.3 is 15.2 Å². The highest BCUT2D eigenvalue weighted by Gasteiger charge is 2.32. The minimum Gasteiger partial charge on any atom is -0.478 e. The van der Waals surface area contributed by atoms with Crippen LogP contribution in [0.1, 0.15) is 30.1 Å². The summed E-state index contributed by atoms with van der Waals surface area (Å²) < 4.78 is 31.7. The van der Waals surface area contributed by atoms with Gasteiger partial charge in [0.05, 0.1) is 17.1 Å². The van der Waals surface area contributed by atoms with Crippen LogP contribution in [0.2, 0.25) is 0 Å². The molecule has 0 aromatic heterocycles. The first kappa shape index (κ1) is 20.3. The summed E-state index contributed by atoms with van der Waals surface area (Å²) in [5.74, 6) is -1.42. The van der Waals surface area contributed by atoms with Crippen molar-refractivity contribution in [3.05, 3.63) is 29.8 Å². The van der Waals surface area contributed by atoms with Crippen molar-refractivity contribution < 1.29 is 27.9 Å². The quantitative estimate of drug-likeness (QED) is 0.723. The van der Waals surface area contributed by atoms with Gasteiger partial charge in [-0.15, -0.1) is 0 Å². The van der Waals surface area contributed by atoms with Crippen LogP contribution in [0.15, 0.2) is 29.2 Å². The lowest BCUT2D eigenvalue weighted by atomic mass is 9.97. The normalized spacial score (nSPS) is 17.6. The molecule has 1 heterocycles. The number of hydrogen-bond donors (Lipinski definition) is 2. The Balaban J connectivity index is 1.97. The number of sulfonamides is 1. The predicted molar refractivity (Wildman–Crippen MR) is 94.4 cm³/mol. The highest BCUT2D eigenvalue weighted by Crippen LogP contribution is 2.24. The summed E-state index contributed by atoms with van der Waals surface area (Å²) in [5.41, 5.74) is 0.0320. The van der Waals surface area contributed by atoms with Crippen molar-refractivity contribution in [3.63, 3.8) is 0 Å². The van der Waals surface area contributed by atoms with E-state index in [1.807, 2.05) is 6.92 Å². The van der Waals surface area contributed by atoms with Gasteiger partial charge in [-0.05, 0) is 44.0 Å². The second-order valence-electron chi connectivity index (χ2n) is 6.37. The molecular formula is C17H24N2O6S. The Morgan fingerprint density at radius 1 is 1.27 bits per heavy atom. The Morgan fingerprint density at radius 3 is 2.35 bits per heavy atom. The Labute approximate surface area is 153 Å². The summed E-state index contributed by atoms with van der Waals surface area (Å²) in [7, 11) is -2.13. The molecule has 2 N–H and O–H groups in total. The van der Waals surface area contributed by atoms with E-state index in [1.165, 1.54) is 28.6 Å². The van der Waals surface area contributed by atoms with E-state index in [1.54, 1.807) is 7.11 Å². The van der Waals surface area contributed by atoms with Crippen LogP contribution in [0, 0.1) is 5.92 Å². The van der Waals surface area contributed by atoms with E-state index in [0.29, 0.717) is 19.4 Å². The van der Waals surface area contributed by atoms with Crippen LogP contribution < -0.4 is 5.32 Å². The van der Waals surface area contributed by atoms with Gasteiger partial charge in [-0.2, -0.15) is 4.31 Å². The smallest absolute Gasteiger partial charge is 0.335 e. The number of aromatic carboxylic acids is 1. The highest BCUT2D eigenvalue weighted by atomic mass is 32.2. The number of carbonyl (C=O) groups excluding carboxylic acids is 1. The maximum atomic E-state index is 12.7. The maximum Gasteiger partial charge on any atom is 0.335 e. The van der Waals surface area contributed by atoms with Gasteiger partial charge in [0, 0.05) is 32.2 Å². The fourth-order valence-corrected chi connectivity index (χ4v) is 4.40. The molecule has 1 aromatic rings. The molecule has 0 unspecified atom stereocenters. The number of rotatable bonds is 7. The third kappa shape index (κ3) is 4.80. The number of piperidine rings is 1. The van der Waals surface area contributed by atoms with Gasteiger partial charge in [-0.25, -0.2) is 13.2 Å². The molecule has 9 heteroatoms. The number of carboxylic acid groups (broad SMARTS) is 1. The molecule has 2 rings (SSSR count). The third-order valence-electron chi connectivity index (χ3n) is 4.37. The van der Waals surface area contributed by atoms with Crippen molar-refractivity contribution in [3.8, 4) is 0 Å². The monoisotopic (exact) mass is 384 g/mol. The Bertz CT molecular complexity index is 739. The topological polar surface area (TPSA) is 113 Å². The molecule has 144 valence electrons. The molecule has 0 aliphatic carbocycles. The molecule has 1 saturated heterocycles. The number of methoxy groups -OCH3 is 1. The number of hydrogen-bond acceptors (Lipinski definition) is 5. The first-order valence-electron chi connectivity index (χ1n) is 8.38. The van der Waals surface area contributed by atoms with Gasteiger partial charge >= 0.3 is 5.97 Å². The third-order valence-corrected chi connectivity index (χ3v) is 6.28. The summed E-state index contributed by atoms with van der Waals surface area (Å²) in [6, 6.07) is 5.04. The van der Waals surface area contributed by atoms with Crippen molar-refractivity contribution in [2.45, 2.75) is 30.7 Å². The van der Waals surface area contributed by atoms with Crippen LogP contribution in [0.25, 0.3) is 0 Å². The Morgan fingerprint density at radius 2 is 1.85 bits per heavy atom. The number of nitrogens with zero attached hydrogens (tertiary/aromatic N) is 1. The van der Waals surface area contributed by atoms with Crippen molar-refractivity contribution in [2.75, 3.05) is 26.8 Å². The van der Waals surface area contributed by atoms with E-state index in [0.717, 1.165) is 0 Å². The van der Waals surface area contributed by atoms with Crippen LogP contribution in [0.3, 0.4) is 0 Å². The van der Waals surface area contributed by atoms with Crippen LogP contribution in [-0.4, -0.2) is 62.6 Å². The average molecular weight is 384 g/mol. The number of benzene rings is 1. The van der Waals surface area contributed by atoms with Crippen LogP contribution in [0.5, 0.6) is 0 Å². The lowest BCUT2D eigenvalue weighted by Crippen LogP contribution is -2.45. The Kier molecular flexibility index (Phi) is 6.74. The van der Waals surface area contributed by atoms with Crippen molar-refractivity contribution in [1.82, 2.24) is 9.62 Å². The van der Waals surface area contributed by atoms with Gasteiger partial charge in [0.2, 0.25) is 15.9 Å². The molecule has 8 nitrogen and oxygen atoms in total. The summed E-state index contributed by atoms with van der Waals surface area (Å²) >= 11 is 0. The number of carbonyl (C=O) groups is 2. The standard InChI is InChI=1S/C17H24N2O6S/c1-12(11-25-2)18-16(20)13-7-9-19(10-8-13)26(23,24)15-5-3-14(4-6-15)17(21)22/h3-6,12-13H,7-11H2,1-2H3,(H,18,20)(H,21,22)/t12-/m1/s1. The molecule has 0 saturated carbocycles. The van der Waals surface area contributed by atoms with E-state index in [4.69, 9.17) is 9.84 Å². The lowest BCUT2D eigenvalue weighted by molar-refractivity contribution is -0.127. The molecule has 0 bridgehead atoms. The van der Waals surface area contributed by atoms with Gasteiger partial charge in [-0.1, -0.05) is 0 Å². The molecule has 1 atom stereocenters. The van der Waals surface area contributed by atoms with Crippen molar-refractivity contribution in [2.24, 2.45) is 5.92 Å². The zero-order valence-electron chi connectivity index (χ0n) is 14.8. The minimum atomic E-state index is -3.70. The lowest BCUT2D eigenvalue weighted by Gasteiger charge is -2.31. The number of nitrogens with one attached hydrogen (secondary N) is 1. The molecule has 26 heavy (non-hydrogen) atoms. The van der Waals surface area contributed by atoms with Gasteiger partial charge in [0.25, 0.3) is 0 Å². The Hall–Kier alpha value is -1.97. The average Bonchev–Trinajstić information content (AvgIpc) is 2.62. The zero-order valence-corrected chi connectivity index (χ0v) is 15.7. The SMILES string of the molecule is COC[C@@H](C)NC(=O)C1CCN(S(=O)(=O)c2ccc(C(=O)O)cc2)CC1. The maximum absolute atomic E-state index is 12.7. The van der Waals surface area contributed by atoms with Crippen molar-refractivity contribution in [1.29, 1.82) is 0 Å². The highest BCUT2D eigenvalue weighted by molar-refractivity contribution is 7.89. The first-order valence-corrected chi connectivity index (χ1v) is 9.82. The van der Waals surface area contributed by atoms with Gasteiger partial charge in [0.15, 0.2) is 0 Å².